The SMILES string of the molecule is O=CC12CCCCC1COc1c(F)ccc(F)c12. The number of benzene rings is 1. The van der Waals surface area contributed by atoms with Crippen LogP contribution >= 0.6 is 0 Å². The van der Waals surface area contributed by atoms with Gasteiger partial charge in [-0.3, -0.25) is 0 Å². The lowest BCUT2D eigenvalue weighted by Crippen LogP contribution is -2.46. The van der Waals surface area contributed by atoms with E-state index >= 15 is 0 Å². The van der Waals surface area contributed by atoms with Gasteiger partial charge in [0.25, 0.3) is 0 Å². The van der Waals surface area contributed by atoms with Crippen molar-refractivity contribution in [1.82, 2.24) is 0 Å². The van der Waals surface area contributed by atoms with Gasteiger partial charge in [-0.25, -0.2) is 8.78 Å². The summed E-state index contributed by atoms with van der Waals surface area (Å²) < 4.78 is 33.1. The molecule has 0 saturated heterocycles. The molecule has 0 N–H and O–H groups in total. The molecule has 2 aliphatic rings. The normalized spacial score (nSPS) is 30.0. The lowest BCUT2D eigenvalue weighted by molar-refractivity contribution is -0.117. The Morgan fingerprint density at radius 1 is 1.28 bits per heavy atom. The Kier molecular flexibility index (Phi) is 2.61. The van der Waals surface area contributed by atoms with Crippen LogP contribution < -0.4 is 4.74 Å². The minimum atomic E-state index is -0.891. The number of hydrogen-bond donors (Lipinski definition) is 0. The van der Waals surface area contributed by atoms with E-state index in [2.05, 4.69) is 0 Å². The Bertz CT molecular complexity index is 501. The summed E-state index contributed by atoms with van der Waals surface area (Å²) in [5.74, 6) is -1.23. The zero-order valence-corrected chi connectivity index (χ0v) is 9.92. The zero-order chi connectivity index (χ0) is 12.8. The lowest BCUT2D eigenvalue weighted by atomic mass is 9.62. The predicted molar refractivity (Wildman–Crippen MR) is 61.6 cm³/mol. The van der Waals surface area contributed by atoms with Gasteiger partial charge in [0.15, 0.2) is 11.6 Å². The summed E-state index contributed by atoms with van der Waals surface area (Å²) in [6, 6.07) is 2.13. The van der Waals surface area contributed by atoms with Gasteiger partial charge in [0.1, 0.15) is 12.1 Å². The number of fused-ring (bicyclic) bond motifs is 3. The summed E-state index contributed by atoms with van der Waals surface area (Å²) in [5.41, 5.74) is -0.758. The van der Waals surface area contributed by atoms with Gasteiger partial charge in [-0.05, 0) is 25.0 Å². The third-order valence-electron chi connectivity index (χ3n) is 4.28. The van der Waals surface area contributed by atoms with Gasteiger partial charge in [-0.1, -0.05) is 12.8 Å². The summed E-state index contributed by atoms with van der Waals surface area (Å²) in [4.78, 5) is 11.6. The first-order valence-electron chi connectivity index (χ1n) is 6.26. The van der Waals surface area contributed by atoms with E-state index in [1.165, 1.54) is 0 Å². The maximum absolute atomic E-state index is 14.0. The molecule has 0 aromatic heterocycles. The molecule has 0 bridgehead atoms. The van der Waals surface area contributed by atoms with Crippen molar-refractivity contribution in [3.8, 4) is 5.75 Å². The van der Waals surface area contributed by atoms with E-state index in [4.69, 9.17) is 4.74 Å². The van der Waals surface area contributed by atoms with E-state index in [-0.39, 0.29) is 17.2 Å². The van der Waals surface area contributed by atoms with Crippen LogP contribution in [0.4, 0.5) is 8.78 Å². The Labute approximate surface area is 104 Å². The molecule has 2 atom stereocenters. The van der Waals surface area contributed by atoms with Crippen LogP contribution in [0.3, 0.4) is 0 Å². The first-order valence-corrected chi connectivity index (χ1v) is 6.26. The number of halogens is 2. The molecular weight excluding hydrogens is 238 g/mol. The fraction of sp³-hybridized carbons (Fsp3) is 0.500. The molecule has 0 spiro atoms. The molecule has 1 fully saturated rings. The van der Waals surface area contributed by atoms with Gasteiger partial charge in [-0.2, -0.15) is 0 Å². The molecule has 1 aromatic rings. The van der Waals surface area contributed by atoms with Crippen LogP contribution in [0, 0.1) is 17.6 Å². The lowest BCUT2D eigenvalue weighted by Gasteiger charge is -2.44. The molecule has 1 heterocycles. The Hall–Kier alpha value is -1.45. The molecule has 0 radical (unpaired) electrons. The number of ether oxygens (including phenoxy) is 1. The Morgan fingerprint density at radius 2 is 2.06 bits per heavy atom. The second-order valence-corrected chi connectivity index (χ2v) is 5.15. The molecule has 96 valence electrons. The molecule has 18 heavy (non-hydrogen) atoms. The average Bonchev–Trinajstić information content (AvgIpc) is 2.42. The van der Waals surface area contributed by atoms with E-state index in [1.807, 2.05) is 0 Å². The minimum Gasteiger partial charge on any atom is -0.490 e. The van der Waals surface area contributed by atoms with E-state index in [0.29, 0.717) is 13.0 Å². The monoisotopic (exact) mass is 252 g/mol. The number of carbonyl (C=O) groups excluding carboxylic acids is 1. The number of aldehydes is 1. The molecule has 2 nitrogen and oxygen atoms in total. The molecule has 1 aliphatic carbocycles. The Balaban J connectivity index is 2.24. The van der Waals surface area contributed by atoms with Gasteiger partial charge in [0, 0.05) is 11.5 Å². The predicted octanol–water partition coefficient (Wildman–Crippen LogP) is 2.98. The third kappa shape index (κ3) is 1.41. The molecule has 1 saturated carbocycles. The van der Waals surface area contributed by atoms with Crippen molar-refractivity contribution in [1.29, 1.82) is 0 Å². The van der Waals surface area contributed by atoms with Crippen LogP contribution in [-0.2, 0) is 10.2 Å². The average molecular weight is 252 g/mol. The van der Waals surface area contributed by atoms with Crippen molar-refractivity contribution < 1.29 is 18.3 Å². The van der Waals surface area contributed by atoms with Gasteiger partial charge >= 0.3 is 0 Å². The van der Waals surface area contributed by atoms with E-state index < -0.39 is 17.0 Å². The van der Waals surface area contributed by atoms with Crippen LogP contribution in [0.15, 0.2) is 12.1 Å². The minimum absolute atomic E-state index is 0.0347. The topological polar surface area (TPSA) is 26.3 Å². The largest absolute Gasteiger partial charge is 0.490 e. The highest BCUT2D eigenvalue weighted by Gasteiger charge is 2.49. The van der Waals surface area contributed by atoms with Crippen LogP contribution in [0.5, 0.6) is 5.75 Å². The van der Waals surface area contributed by atoms with Gasteiger partial charge < -0.3 is 9.53 Å². The van der Waals surface area contributed by atoms with Gasteiger partial charge in [-0.15, -0.1) is 0 Å². The molecule has 2 unspecified atom stereocenters. The van der Waals surface area contributed by atoms with E-state index in [1.54, 1.807) is 0 Å². The number of carbonyl (C=O) groups is 1. The quantitative estimate of drug-likeness (QED) is 0.718. The maximum atomic E-state index is 14.0. The summed E-state index contributed by atoms with van der Waals surface area (Å²) in [6.45, 7) is 0.298. The van der Waals surface area contributed by atoms with Gasteiger partial charge in [0.2, 0.25) is 0 Å². The molecule has 3 rings (SSSR count). The maximum Gasteiger partial charge on any atom is 0.165 e. The van der Waals surface area contributed by atoms with Crippen LogP contribution in [-0.4, -0.2) is 12.9 Å². The first-order chi connectivity index (χ1) is 8.69. The fourth-order valence-corrected chi connectivity index (χ4v) is 3.34. The van der Waals surface area contributed by atoms with Crippen LogP contribution in [0.1, 0.15) is 31.2 Å². The van der Waals surface area contributed by atoms with Crippen molar-refractivity contribution in [3.05, 3.63) is 29.3 Å². The highest BCUT2D eigenvalue weighted by molar-refractivity contribution is 5.72. The highest BCUT2D eigenvalue weighted by atomic mass is 19.1. The summed E-state index contributed by atoms with van der Waals surface area (Å²) >= 11 is 0. The van der Waals surface area contributed by atoms with Crippen molar-refractivity contribution >= 4 is 6.29 Å². The summed E-state index contributed by atoms with van der Waals surface area (Å²) in [6.07, 6.45) is 4.09. The molecule has 1 aromatic carbocycles. The summed E-state index contributed by atoms with van der Waals surface area (Å²) in [7, 11) is 0. The molecule has 1 aliphatic heterocycles. The fourth-order valence-electron chi connectivity index (χ4n) is 3.34. The zero-order valence-electron chi connectivity index (χ0n) is 9.92. The third-order valence-corrected chi connectivity index (χ3v) is 4.28. The first kappa shape index (κ1) is 11.6. The smallest absolute Gasteiger partial charge is 0.165 e. The standard InChI is InChI=1S/C14H14F2O2/c15-10-4-5-11(16)13-12(10)14(8-17)6-2-1-3-9(14)7-18-13/h4-5,8-9H,1-3,6-7H2. The molecular formula is C14H14F2O2. The van der Waals surface area contributed by atoms with Crippen LogP contribution in [0.25, 0.3) is 0 Å². The highest BCUT2D eigenvalue weighted by Crippen LogP contribution is 2.50. The van der Waals surface area contributed by atoms with E-state index in [9.17, 15) is 13.6 Å². The number of hydrogen-bond acceptors (Lipinski definition) is 2. The number of rotatable bonds is 1. The second kappa shape index (κ2) is 4.04. The van der Waals surface area contributed by atoms with Crippen molar-refractivity contribution in [3.63, 3.8) is 0 Å². The molecule has 0 amide bonds. The van der Waals surface area contributed by atoms with Crippen molar-refractivity contribution in [2.45, 2.75) is 31.1 Å². The van der Waals surface area contributed by atoms with E-state index in [0.717, 1.165) is 37.7 Å². The van der Waals surface area contributed by atoms with Gasteiger partial charge in [0.05, 0.1) is 12.0 Å². The summed E-state index contributed by atoms with van der Waals surface area (Å²) in [5, 5.41) is 0. The second-order valence-electron chi connectivity index (χ2n) is 5.15. The van der Waals surface area contributed by atoms with Crippen molar-refractivity contribution in [2.75, 3.05) is 6.61 Å². The van der Waals surface area contributed by atoms with Crippen molar-refractivity contribution in [2.24, 2.45) is 5.92 Å². The van der Waals surface area contributed by atoms with Crippen LogP contribution in [0.2, 0.25) is 0 Å². The molecule has 4 heteroatoms. The Morgan fingerprint density at radius 3 is 2.83 bits per heavy atom.